The lowest BCUT2D eigenvalue weighted by molar-refractivity contribution is -0.124. The van der Waals surface area contributed by atoms with Crippen LogP contribution in [0.3, 0.4) is 0 Å². The molecule has 1 saturated heterocycles. The molecule has 2 heterocycles. The van der Waals surface area contributed by atoms with E-state index in [0.29, 0.717) is 25.0 Å². The van der Waals surface area contributed by atoms with Crippen LogP contribution in [0.2, 0.25) is 0 Å². The molecule has 130 valence electrons. The highest BCUT2D eigenvalue weighted by Crippen LogP contribution is 2.12. The molecule has 8 heteroatoms. The first-order valence-corrected chi connectivity index (χ1v) is 7.98. The van der Waals surface area contributed by atoms with E-state index in [2.05, 4.69) is 25.3 Å². The van der Waals surface area contributed by atoms with Gasteiger partial charge in [0.2, 0.25) is 11.8 Å². The Hall–Kier alpha value is -1.67. The van der Waals surface area contributed by atoms with E-state index in [9.17, 15) is 4.79 Å². The lowest BCUT2D eigenvalue weighted by Gasteiger charge is -2.34. The number of rotatable bonds is 5. The molecule has 0 aliphatic carbocycles. The number of aromatic nitrogens is 2. The molecule has 1 aromatic rings. The van der Waals surface area contributed by atoms with Crippen molar-refractivity contribution in [3.8, 4) is 0 Å². The third kappa shape index (κ3) is 5.80. The highest BCUT2D eigenvalue weighted by atomic mass is 16.4. The van der Waals surface area contributed by atoms with Gasteiger partial charge in [0.15, 0.2) is 0 Å². The van der Waals surface area contributed by atoms with E-state index in [1.165, 1.54) is 0 Å². The van der Waals surface area contributed by atoms with Crippen LogP contribution >= 0.6 is 0 Å². The number of nitrogens with zero attached hydrogens (tertiary/aromatic N) is 5. The lowest BCUT2D eigenvalue weighted by Crippen LogP contribution is -2.51. The van der Waals surface area contributed by atoms with Crippen LogP contribution in [-0.4, -0.2) is 78.3 Å². The molecule has 23 heavy (non-hydrogen) atoms. The zero-order valence-corrected chi connectivity index (χ0v) is 14.8. The highest BCUT2D eigenvalue weighted by Gasteiger charge is 2.22. The minimum absolute atomic E-state index is 0.0819. The summed E-state index contributed by atoms with van der Waals surface area (Å²) in [5.41, 5.74) is -0.180. The maximum Gasteiger partial charge on any atom is 0.317 e. The van der Waals surface area contributed by atoms with Crippen LogP contribution in [0, 0.1) is 0 Å². The van der Waals surface area contributed by atoms with Gasteiger partial charge in [-0.05, 0) is 20.8 Å². The van der Waals surface area contributed by atoms with Crippen LogP contribution in [0.1, 0.15) is 26.7 Å². The molecule has 0 bridgehead atoms. The Morgan fingerprint density at radius 3 is 2.30 bits per heavy atom. The van der Waals surface area contributed by atoms with E-state index < -0.39 is 0 Å². The molecular formula is C15H28N6O2. The summed E-state index contributed by atoms with van der Waals surface area (Å²) in [5.74, 6) is 0.714. The van der Waals surface area contributed by atoms with Gasteiger partial charge in [0.25, 0.3) is 0 Å². The molecular weight excluding hydrogens is 296 g/mol. The number of nitrogens with one attached hydrogen (secondary N) is 1. The van der Waals surface area contributed by atoms with Crippen LogP contribution < -0.4 is 10.2 Å². The Morgan fingerprint density at radius 1 is 1.17 bits per heavy atom. The average molecular weight is 324 g/mol. The van der Waals surface area contributed by atoms with Gasteiger partial charge in [-0.25, -0.2) is 0 Å². The fourth-order valence-electron chi connectivity index (χ4n) is 2.45. The number of carbonyl (C=O) groups excluding carboxylic acids is 1. The Morgan fingerprint density at radius 2 is 1.78 bits per heavy atom. The van der Waals surface area contributed by atoms with Crippen molar-refractivity contribution in [1.29, 1.82) is 0 Å². The second kappa shape index (κ2) is 7.27. The van der Waals surface area contributed by atoms with Gasteiger partial charge in [0, 0.05) is 45.8 Å². The zero-order valence-electron chi connectivity index (χ0n) is 14.8. The SMILES string of the molecule is CN(C)c1nnc(CN2CCN(CC(=O)NC(C)(C)C)CC2)o1. The summed E-state index contributed by atoms with van der Waals surface area (Å²) < 4.78 is 5.58. The summed E-state index contributed by atoms with van der Waals surface area (Å²) in [6, 6.07) is 0.525. The minimum atomic E-state index is -0.180. The first kappa shape index (κ1) is 17.7. The summed E-state index contributed by atoms with van der Waals surface area (Å²) >= 11 is 0. The van der Waals surface area contributed by atoms with E-state index in [4.69, 9.17) is 4.42 Å². The molecule has 0 unspecified atom stereocenters. The van der Waals surface area contributed by atoms with Gasteiger partial charge in [0.05, 0.1) is 13.1 Å². The summed E-state index contributed by atoms with van der Waals surface area (Å²) in [6.45, 7) is 10.6. The predicted molar refractivity (Wildman–Crippen MR) is 88.2 cm³/mol. The van der Waals surface area contributed by atoms with Gasteiger partial charge in [-0.1, -0.05) is 5.10 Å². The first-order chi connectivity index (χ1) is 10.7. The zero-order chi connectivity index (χ0) is 17.0. The summed E-state index contributed by atoms with van der Waals surface area (Å²) in [6.07, 6.45) is 0. The van der Waals surface area contributed by atoms with E-state index >= 15 is 0 Å². The number of anilines is 1. The number of piperazine rings is 1. The quantitative estimate of drug-likeness (QED) is 0.827. The standard InChI is InChI=1S/C15H28N6O2/c1-15(2,3)16-12(22)10-20-6-8-21(9-7-20)11-13-17-18-14(23-13)19(4)5/h6-11H2,1-5H3,(H,16,22). The van der Waals surface area contributed by atoms with Crippen molar-refractivity contribution in [2.45, 2.75) is 32.9 Å². The number of amides is 1. The Kier molecular flexibility index (Phi) is 5.59. The fourth-order valence-corrected chi connectivity index (χ4v) is 2.45. The molecule has 1 fully saturated rings. The van der Waals surface area contributed by atoms with Crippen molar-refractivity contribution < 1.29 is 9.21 Å². The normalized spacial score (nSPS) is 17.3. The van der Waals surface area contributed by atoms with Gasteiger partial charge in [0.1, 0.15) is 0 Å². The molecule has 1 amide bonds. The third-order valence-corrected chi connectivity index (χ3v) is 3.54. The first-order valence-electron chi connectivity index (χ1n) is 7.98. The average Bonchev–Trinajstić information content (AvgIpc) is 2.87. The Bertz CT molecular complexity index is 514. The predicted octanol–water partition coefficient (Wildman–Crippen LogP) is 0.168. The van der Waals surface area contributed by atoms with Crippen molar-refractivity contribution >= 4 is 11.9 Å². The molecule has 1 aromatic heterocycles. The van der Waals surface area contributed by atoms with E-state index in [1.807, 2.05) is 34.9 Å². The molecule has 0 atom stereocenters. The van der Waals surface area contributed by atoms with Gasteiger partial charge in [-0.2, -0.15) is 0 Å². The van der Waals surface area contributed by atoms with Crippen LogP contribution in [0.15, 0.2) is 4.42 Å². The Labute approximate surface area is 137 Å². The molecule has 0 radical (unpaired) electrons. The van der Waals surface area contributed by atoms with Crippen molar-refractivity contribution in [3.63, 3.8) is 0 Å². The third-order valence-electron chi connectivity index (χ3n) is 3.54. The minimum Gasteiger partial charge on any atom is -0.407 e. The van der Waals surface area contributed by atoms with Crippen molar-refractivity contribution in [2.75, 3.05) is 51.7 Å². The second-order valence-corrected chi connectivity index (χ2v) is 7.22. The van der Waals surface area contributed by atoms with Crippen molar-refractivity contribution in [1.82, 2.24) is 25.3 Å². The van der Waals surface area contributed by atoms with Crippen LogP contribution in [0.5, 0.6) is 0 Å². The van der Waals surface area contributed by atoms with Crippen molar-refractivity contribution in [3.05, 3.63) is 5.89 Å². The molecule has 8 nitrogen and oxygen atoms in total. The smallest absolute Gasteiger partial charge is 0.317 e. The Balaban J connectivity index is 1.74. The fraction of sp³-hybridized carbons (Fsp3) is 0.800. The maximum atomic E-state index is 12.0. The van der Waals surface area contributed by atoms with Gasteiger partial charge < -0.3 is 14.6 Å². The number of hydrogen-bond donors (Lipinski definition) is 1. The summed E-state index contributed by atoms with van der Waals surface area (Å²) in [7, 11) is 3.75. The van der Waals surface area contributed by atoms with Crippen molar-refractivity contribution in [2.24, 2.45) is 0 Å². The van der Waals surface area contributed by atoms with E-state index in [-0.39, 0.29) is 11.4 Å². The highest BCUT2D eigenvalue weighted by molar-refractivity contribution is 5.78. The topological polar surface area (TPSA) is 77.7 Å². The van der Waals surface area contributed by atoms with Crippen LogP contribution in [0.25, 0.3) is 0 Å². The van der Waals surface area contributed by atoms with Gasteiger partial charge in [-0.3, -0.25) is 14.6 Å². The lowest BCUT2D eigenvalue weighted by atomic mass is 10.1. The van der Waals surface area contributed by atoms with E-state index in [1.54, 1.807) is 4.90 Å². The summed E-state index contributed by atoms with van der Waals surface area (Å²) in [5, 5.41) is 11.0. The number of hydrogen-bond acceptors (Lipinski definition) is 7. The molecule has 1 aliphatic rings. The van der Waals surface area contributed by atoms with Gasteiger partial charge in [-0.15, -0.1) is 5.10 Å². The number of carbonyl (C=O) groups is 1. The molecule has 0 aromatic carbocycles. The maximum absolute atomic E-state index is 12.0. The molecule has 2 rings (SSSR count). The largest absolute Gasteiger partial charge is 0.407 e. The molecule has 0 saturated carbocycles. The monoisotopic (exact) mass is 324 g/mol. The molecule has 1 aliphatic heterocycles. The second-order valence-electron chi connectivity index (χ2n) is 7.22. The molecule has 1 N–H and O–H groups in total. The molecule has 0 spiro atoms. The van der Waals surface area contributed by atoms with Gasteiger partial charge >= 0.3 is 6.01 Å². The van der Waals surface area contributed by atoms with Crippen LogP contribution in [-0.2, 0) is 11.3 Å². The van der Waals surface area contributed by atoms with Crippen LogP contribution in [0.4, 0.5) is 6.01 Å². The summed E-state index contributed by atoms with van der Waals surface area (Å²) in [4.78, 5) is 18.2. The van der Waals surface area contributed by atoms with E-state index in [0.717, 1.165) is 26.2 Å².